The summed E-state index contributed by atoms with van der Waals surface area (Å²) in [6, 6.07) is 13.3. The molecule has 0 unspecified atom stereocenters. The van der Waals surface area contributed by atoms with Crippen molar-refractivity contribution < 1.29 is 9.18 Å². The summed E-state index contributed by atoms with van der Waals surface area (Å²) in [4.78, 5) is 19.4. The van der Waals surface area contributed by atoms with Crippen molar-refractivity contribution in [2.24, 2.45) is 0 Å². The Labute approximate surface area is 155 Å². The number of benzene rings is 2. The highest BCUT2D eigenvalue weighted by Crippen LogP contribution is 2.26. The Morgan fingerprint density at radius 1 is 1.00 bits per heavy atom. The maximum Gasteiger partial charge on any atom is 0.221 e. The Hall–Kier alpha value is -3.68. The van der Waals surface area contributed by atoms with E-state index in [1.54, 1.807) is 36.4 Å². The highest BCUT2D eigenvalue weighted by atomic mass is 19.1. The molecule has 3 rings (SSSR count). The van der Waals surface area contributed by atoms with Crippen molar-refractivity contribution in [2.75, 3.05) is 21.7 Å². The summed E-state index contributed by atoms with van der Waals surface area (Å²) < 4.78 is 13.0. The van der Waals surface area contributed by atoms with E-state index in [0.717, 1.165) is 11.3 Å². The molecule has 0 spiro atoms. The van der Waals surface area contributed by atoms with Gasteiger partial charge >= 0.3 is 0 Å². The van der Waals surface area contributed by atoms with Gasteiger partial charge in [0.2, 0.25) is 5.91 Å². The lowest BCUT2D eigenvalue weighted by atomic mass is 10.2. The molecule has 3 aromatic rings. The fourth-order valence-electron chi connectivity index (χ4n) is 2.40. The van der Waals surface area contributed by atoms with Gasteiger partial charge in [-0.25, -0.2) is 14.4 Å². The number of nitrogens with two attached hydrogens (primary N) is 1. The maximum absolute atomic E-state index is 13.0. The van der Waals surface area contributed by atoms with Gasteiger partial charge in [0.15, 0.2) is 11.6 Å². The molecular weight excluding hydrogens is 347 g/mol. The standard InChI is InChI=1S/C19H19FN6O/c1-12(27)25-15-6-8-16(9-7-15)26-19-17(21)18(23-11-24-19)22-10-13-2-4-14(20)5-3-13/h2-9,11H,10,21H2,1H3,(H,25,27)(H2,22,23,24,26). The zero-order chi connectivity index (χ0) is 19.2. The number of hydrogen-bond acceptors (Lipinski definition) is 6. The molecule has 0 radical (unpaired) electrons. The molecule has 7 nitrogen and oxygen atoms in total. The van der Waals surface area contributed by atoms with Gasteiger partial charge in [-0.3, -0.25) is 4.79 Å². The molecule has 2 aromatic carbocycles. The lowest BCUT2D eigenvalue weighted by Gasteiger charge is -2.13. The van der Waals surface area contributed by atoms with Crippen LogP contribution in [0.4, 0.5) is 33.1 Å². The first-order valence-corrected chi connectivity index (χ1v) is 8.25. The largest absolute Gasteiger partial charge is 0.393 e. The molecule has 0 aliphatic rings. The Balaban J connectivity index is 1.68. The molecule has 8 heteroatoms. The smallest absolute Gasteiger partial charge is 0.221 e. The van der Waals surface area contributed by atoms with Gasteiger partial charge in [0.25, 0.3) is 0 Å². The monoisotopic (exact) mass is 366 g/mol. The van der Waals surface area contributed by atoms with E-state index in [4.69, 9.17) is 5.73 Å². The van der Waals surface area contributed by atoms with E-state index in [9.17, 15) is 9.18 Å². The van der Waals surface area contributed by atoms with Gasteiger partial charge < -0.3 is 21.7 Å². The average Bonchev–Trinajstić information content (AvgIpc) is 2.65. The van der Waals surface area contributed by atoms with E-state index in [0.29, 0.717) is 29.6 Å². The van der Waals surface area contributed by atoms with Crippen molar-refractivity contribution in [1.29, 1.82) is 0 Å². The first-order valence-electron chi connectivity index (χ1n) is 8.25. The van der Waals surface area contributed by atoms with Crippen LogP contribution in [0.5, 0.6) is 0 Å². The van der Waals surface area contributed by atoms with Crippen LogP contribution in [0.3, 0.4) is 0 Å². The third kappa shape index (κ3) is 4.91. The number of nitrogen functional groups attached to an aromatic ring is 1. The topological polar surface area (TPSA) is 105 Å². The second-order valence-electron chi connectivity index (χ2n) is 5.85. The normalized spacial score (nSPS) is 10.3. The molecule has 0 fully saturated rings. The number of amides is 1. The minimum atomic E-state index is -0.281. The number of aromatic nitrogens is 2. The van der Waals surface area contributed by atoms with Crippen molar-refractivity contribution in [1.82, 2.24) is 9.97 Å². The lowest BCUT2D eigenvalue weighted by Crippen LogP contribution is -2.08. The summed E-state index contributed by atoms with van der Waals surface area (Å²) in [5, 5.41) is 8.94. The van der Waals surface area contributed by atoms with Crippen LogP contribution in [-0.2, 0) is 11.3 Å². The molecule has 1 aromatic heterocycles. The first-order chi connectivity index (χ1) is 13.0. The van der Waals surface area contributed by atoms with E-state index >= 15 is 0 Å². The zero-order valence-electron chi connectivity index (χ0n) is 14.7. The highest BCUT2D eigenvalue weighted by molar-refractivity contribution is 5.89. The Kier molecular flexibility index (Phi) is 5.46. The summed E-state index contributed by atoms with van der Waals surface area (Å²) >= 11 is 0. The number of halogens is 1. The van der Waals surface area contributed by atoms with Crippen LogP contribution in [0.1, 0.15) is 12.5 Å². The van der Waals surface area contributed by atoms with Crippen LogP contribution >= 0.6 is 0 Å². The molecule has 5 N–H and O–H groups in total. The van der Waals surface area contributed by atoms with Crippen LogP contribution < -0.4 is 21.7 Å². The van der Waals surface area contributed by atoms with E-state index in [-0.39, 0.29) is 11.7 Å². The molecule has 1 amide bonds. The van der Waals surface area contributed by atoms with Gasteiger partial charge in [-0.2, -0.15) is 0 Å². The molecule has 0 atom stereocenters. The average molecular weight is 366 g/mol. The van der Waals surface area contributed by atoms with E-state index in [1.807, 2.05) is 0 Å². The van der Waals surface area contributed by atoms with Crippen LogP contribution in [0.25, 0.3) is 0 Å². The third-order valence-electron chi connectivity index (χ3n) is 3.73. The minimum Gasteiger partial charge on any atom is -0.393 e. The van der Waals surface area contributed by atoms with Gasteiger partial charge in [-0.05, 0) is 42.0 Å². The molecule has 0 aliphatic heterocycles. The van der Waals surface area contributed by atoms with Gasteiger partial charge in [-0.1, -0.05) is 12.1 Å². The van der Waals surface area contributed by atoms with Crippen LogP contribution in [0.2, 0.25) is 0 Å². The number of anilines is 5. The molecular formula is C19H19FN6O. The van der Waals surface area contributed by atoms with Gasteiger partial charge in [0.1, 0.15) is 17.8 Å². The van der Waals surface area contributed by atoms with Crippen molar-refractivity contribution in [3.05, 3.63) is 66.2 Å². The van der Waals surface area contributed by atoms with Crippen LogP contribution in [-0.4, -0.2) is 15.9 Å². The fourth-order valence-corrected chi connectivity index (χ4v) is 2.40. The number of hydrogen-bond donors (Lipinski definition) is 4. The quantitative estimate of drug-likeness (QED) is 0.532. The highest BCUT2D eigenvalue weighted by Gasteiger charge is 2.08. The Morgan fingerprint density at radius 3 is 2.30 bits per heavy atom. The molecule has 1 heterocycles. The molecule has 0 saturated heterocycles. The summed E-state index contributed by atoms with van der Waals surface area (Å²) in [5.41, 5.74) is 8.88. The Morgan fingerprint density at radius 2 is 1.63 bits per heavy atom. The SMILES string of the molecule is CC(=O)Nc1ccc(Nc2ncnc(NCc3ccc(F)cc3)c2N)cc1. The predicted octanol–water partition coefficient (Wildman–Crippen LogP) is 3.51. The van der Waals surface area contributed by atoms with Gasteiger partial charge in [-0.15, -0.1) is 0 Å². The summed E-state index contributed by atoms with van der Waals surface area (Å²) in [7, 11) is 0. The number of rotatable bonds is 6. The number of nitrogens with one attached hydrogen (secondary N) is 3. The second-order valence-corrected chi connectivity index (χ2v) is 5.85. The summed E-state index contributed by atoms with van der Waals surface area (Å²) in [5.74, 6) is 0.523. The Bertz CT molecular complexity index is 928. The number of carbonyl (C=O) groups is 1. The van der Waals surface area contributed by atoms with Crippen molar-refractivity contribution in [2.45, 2.75) is 13.5 Å². The molecule has 0 aliphatic carbocycles. The second kappa shape index (κ2) is 8.13. The van der Waals surface area contributed by atoms with Gasteiger partial charge in [0, 0.05) is 24.8 Å². The zero-order valence-corrected chi connectivity index (χ0v) is 14.7. The minimum absolute atomic E-state index is 0.132. The third-order valence-corrected chi connectivity index (χ3v) is 3.73. The fraction of sp³-hybridized carbons (Fsp3) is 0.105. The molecule has 27 heavy (non-hydrogen) atoms. The van der Waals surface area contributed by atoms with Crippen molar-refractivity contribution in [3.63, 3.8) is 0 Å². The molecule has 0 saturated carbocycles. The number of nitrogens with zero attached hydrogens (tertiary/aromatic N) is 2. The van der Waals surface area contributed by atoms with E-state index in [2.05, 4.69) is 25.9 Å². The van der Waals surface area contributed by atoms with Crippen LogP contribution in [0.15, 0.2) is 54.9 Å². The van der Waals surface area contributed by atoms with Crippen LogP contribution in [0, 0.1) is 5.82 Å². The summed E-state index contributed by atoms with van der Waals surface area (Å²) in [6.45, 7) is 1.90. The summed E-state index contributed by atoms with van der Waals surface area (Å²) in [6.07, 6.45) is 1.40. The predicted molar refractivity (Wildman–Crippen MR) is 104 cm³/mol. The van der Waals surface area contributed by atoms with E-state index < -0.39 is 0 Å². The number of carbonyl (C=O) groups excluding carboxylic acids is 1. The van der Waals surface area contributed by atoms with E-state index in [1.165, 1.54) is 25.4 Å². The van der Waals surface area contributed by atoms with Crippen molar-refractivity contribution in [3.8, 4) is 0 Å². The van der Waals surface area contributed by atoms with Crippen molar-refractivity contribution >= 4 is 34.6 Å². The first kappa shape index (κ1) is 18.1. The maximum atomic E-state index is 13.0. The molecule has 138 valence electrons. The van der Waals surface area contributed by atoms with Gasteiger partial charge in [0.05, 0.1) is 0 Å². The lowest BCUT2D eigenvalue weighted by molar-refractivity contribution is -0.114. The molecule has 0 bridgehead atoms.